The van der Waals surface area contributed by atoms with Crippen molar-refractivity contribution < 1.29 is 80.2 Å². The third-order valence-corrected chi connectivity index (χ3v) is 19.6. The zero-order valence-corrected chi connectivity index (χ0v) is 66.8. The van der Waals surface area contributed by atoms with Gasteiger partial charge in [0.1, 0.15) is 19.3 Å². The number of ether oxygens (including phenoxy) is 4. The van der Waals surface area contributed by atoms with Crippen molar-refractivity contribution in [3.05, 3.63) is 72.9 Å². The van der Waals surface area contributed by atoms with Gasteiger partial charge >= 0.3 is 39.5 Å². The fourth-order valence-electron chi connectivity index (χ4n) is 11.4. The summed E-state index contributed by atoms with van der Waals surface area (Å²) in [4.78, 5) is 73.0. The minimum Gasteiger partial charge on any atom is -0.462 e. The van der Waals surface area contributed by atoms with Crippen LogP contribution in [0.5, 0.6) is 0 Å². The molecule has 0 saturated heterocycles. The number of hydrogen-bond acceptors (Lipinski definition) is 15. The van der Waals surface area contributed by atoms with Crippen molar-refractivity contribution in [3.8, 4) is 0 Å². The predicted octanol–water partition coefficient (Wildman–Crippen LogP) is 24.0. The van der Waals surface area contributed by atoms with Gasteiger partial charge in [0.05, 0.1) is 26.4 Å². The van der Waals surface area contributed by atoms with Crippen molar-refractivity contribution in [1.29, 1.82) is 0 Å². The topological polar surface area (TPSA) is 237 Å². The summed E-state index contributed by atoms with van der Waals surface area (Å²) >= 11 is 0. The van der Waals surface area contributed by atoms with E-state index in [9.17, 15) is 43.2 Å². The molecule has 594 valence electrons. The van der Waals surface area contributed by atoms with E-state index in [-0.39, 0.29) is 25.7 Å². The number of aliphatic hydroxyl groups excluding tert-OH is 1. The number of phosphoric ester groups is 2. The Labute approximate surface area is 622 Å². The molecule has 17 nitrogen and oxygen atoms in total. The molecule has 102 heavy (non-hydrogen) atoms. The molecular formula is C83H150O17P2. The molecule has 0 aromatic carbocycles. The lowest BCUT2D eigenvalue weighted by atomic mass is 10.0. The summed E-state index contributed by atoms with van der Waals surface area (Å²) in [7, 11) is -9.95. The minimum atomic E-state index is -4.98. The van der Waals surface area contributed by atoms with Crippen molar-refractivity contribution in [2.75, 3.05) is 39.6 Å². The first-order chi connectivity index (χ1) is 49.7. The van der Waals surface area contributed by atoms with Crippen LogP contribution in [0.3, 0.4) is 0 Å². The van der Waals surface area contributed by atoms with Crippen LogP contribution in [0.2, 0.25) is 0 Å². The molecule has 3 N–H and O–H groups in total. The third kappa shape index (κ3) is 74.8. The first-order valence-corrected chi connectivity index (χ1v) is 44.2. The quantitative estimate of drug-likeness (QED) is 0.0169. The smallest absolute Gasteiger partial charge is 0.462 e. The average Bonchev–Trinajstić information content (AvgIpc) is 0.924. The molecule has 0 aliphatic heterocycles. The lowest BCUT2D eigenvalue weighted by molar-refractivity contribution is -0.161. The molecule has 0 radical (unpaired) electrons. The zero-order valence-electron chi connectivity index (χ0n) is 65.0. The number of unbranched alkanes of at least 4 members (excludes halogenated alkanes) is 40. The second kappa shape index (κ2) is 75.7. The van der Waals surface area contributed by atoms with Crippen LogP contribution in [-0.2, 0) is 65.4 Å². The van der Waals surface area contributed by atoms with E-state index >= 15 is 0 Å². The number of carbonyl (C=O) groups is 4. The van der Waals surface area contributed by atoms with Gasteiger partial charge in [0.2, 0.25) is 0 Å². The number of hydrogen-bond donors (Lipinski definition) is 3. The number of phosphoric acid groups is 2. The second-order valence-electron chi connectivity index (χ2n) is 27.7. The molecule has 0 aliphatic rings. The van der Waals surface area contributed by atoms with Gasteiger partial charge in [-0.1, -0.05) is 325 Å². The summed E-state index contributed by atoms with van der Waals surface area (Å²) in [6.07, 6.45) is 77.3. The maximum atomic E-state index is 13.1. The predicted molar refractivity (Wildman–Crippen MR) is 418 cm³/mol. The van der Waals surface area contributed by atoms with Crippen LogP contribution in [0.4, 0.5) is 0 Å². The molecule has 0 spiro atoms. The molecular weight excluding hydrogens is 1330 g/mol. The summed E-state index contributed by atoms with van der Waals surface area (Å²) in [5.74, 6) is -2.18. The van der Waals surface area contributed by atoms with Gasteiger partial charge in [0, 0.05) is 25.7 Å². The van der Waals surface area contributed by atoms with Crippen molar-refractivity contribution >= 4 is 39.5 Å². The highest BCUT2D eigenvalue weighted by Gasteiger charge is 2.30. The van der Waals surface area contributed by atoms with Crippen LogP contribution in [0.15, 0.2) is 72.9 Å². The lowest BCUT2D eigenvalue weighted by Gasteiger charge is -2.21. The van der Waals surface area contributed by atoms with E-state index in [0.29, 0.717) is 25.7 Å². The van der Waals surface area contributed by atoms with E-state index < -0.39 is 97.5 Å². The van der Waals surface area contributed by atoms with E-state index in [1.165, 1.54) is 161 Å². The van der Waals surface area contributed by atoms with Gasteiger partial charge in [-0.2, -0.15) is 0 Å². The number of allylic oxidation sites excluding steroid dienone is 12. The van der Waals surface area contributed by atoms with Crippen LogP contribution >= 0.6 is 15.6 Å². The normalized spacial score (nSPS) is 14.2. The summed E-state index contributed by atoms with van der Waals surface area (Å²) in [6, 6.07) is 0. The van der Waals surface area contributed by atoms with Gasteiger partial charge < -0.3 is 33.8 Å². The van der Waals surface area contributed by atoms with Gasteiger partial charge in [-0.25, -0.2) is 9.13 Å². The molecule has 19 heteroatoms. The Morgan fingerprint density at radius 2 is 0.510 bits per heavy atom. The summed E-state index contributed by atoms with van der Waals surface area (Å²) in [6.45, 7) is 4.78. The fraction of sp³-hybridized carbons (Fsp3) is 0.807. The fourth-order valence-corrected chi connectivity index (χ4v) is 13.0. The van der Waals surface area contributed by atoms with Gasteiger partial charge in [-0.3, -0.25) is 37.3 Å². The molecule has 5 atom stereocenters. The van der Waals surface area contributed by atoms with Gasteiger partial charge in [0.15, 0.2) is 12.2 Å². The lowest BCUT2D eigenvalue weighted by Crippen LogP contribution is -2.30. The average molecular weight is 1480 g/mol. The van der Waals surface area contributed by atoms with E-state index in [4.69, 9.17) is 37.0 Å². The van der Waals surface area contributed by atoms with Gasteiger partial charge in [-0.05, 0) is 96.3 Å². The number of esters is 4. The van der Waals surface area contributed by atoms with Crippen molar-refractivity contribution in [2.24, 2.45) is 0 Å². The molecule has 0 bridgehead atoms. The summed E-state index contributed by atoms with van der Waals surface area (Å²) < 4.78 is 68.7. The summed E-state index contributed by atoms with van der Waals surface area (Å²) in [5.41, 5.74) is 0. The highest BCUT2D eigenvalue weighted by Crippen LogP contribution is 2.45. The molecule has 2 unspecified atom stereocenters. The molecule has 0 amide bonds. The van der Waals surface area contributed by atoms with Crippen LogP contribution in [0.1, 0.15) is 374 Å². The first kappa shape index (κ1) is 98.5. The Balaban J connectivity index is 5.34. The number of rotatable bonds is 78. The maximum Gasteiger partial charge on any atom is 0.472 e. The Kier molecular flexibility index (Phi) is 73.1. The zero-order chi connectivity index (χ0) is 74.6. The van der Waals surface area contributed by atoms with Crippen LogP contribution in [0, 0.1) is 0 Å². The first-order valence-electron chi connectivity index (χ1n) is 41.2. The molecule has 0 aliphatic carbocycles. The van der Waals surface area contributed by atoms with Crippen LogP contribution in [0.25, 0.3) is 0 Å². The highest BCUT2D eigenvalue weighted by molar-refractivity contribution is 7.47. The standard InChI is InChI=1S/C83H150O17P2/c1-5-9-13-17-21-25-29-33-36-37-38-39-42-45-48-52-56-60-64-68-81(86)94-74-79(100-83(88)70-66-62-58-54-50-46-41-35-31-27-23-19-15-11-7-3)76-98-102(91,92)96-72-77(84)71-95-101(89,90)97-75-78(99-82(87)69-65-61-57-53-49-43-32-28-24-20-16-12-8-4)73-93-80(85)67-63-59-55-51-47-44-40-34-30-26-22-18-14-10-6-2/h9,13,21,25,28,32-33,36,38-39,45,48,77-79,84H,5-8,10-12,14-20,22-24,26-27,29-31,34-35,37,40-44,46-47,49-76H2,1-4H3,(H,89,90)(H,91,92)/b13-9-,25-21-,32-28-,36-33-,39-38-,48-45-/t77-,78+,79+/m0/s1. The van der Waals surface area contributed by atoms with E-state index in [0.717, 1.165) is 135 Å². The number of aliphatic hydroxyl groups is 1. The molecule has 0 rings (SSSR count). The van der Waals surface area contributed by atoms with E-state index in [2.05, 4.69) is 101 Å². The van der Waals surface area contributed by atoms with E-state index in [1.54, 1.807) is 0 Å². The molecule has 0 saturated carbocycles. The van der Waals surface area contributed by atoms with Crippen molar-refractivity contribution in [1.82, 2.24) is 0 Å². The Morgan fingerprint density at radius 3 is 0.814 bits per heavy atom. The van der Waals surface area contributed by atoms with Crippen LogP contribution in [-0.4, -0.2) is 96.7 Å². The van der Waals surface area contributed by atoms with Crippen LogP contribution < -0.4 is 0 Å². The Bertz CT molecular complexity index is 2210. The van der Waals surface area contributed by atoms with Gasteiger partial charge in [0.25, 0.3) is 0 Å². The maximum absolute atomic E-state index is 13.1. The SMILES string of the molecule is CC/C=C\C/C=C\C/C=C\C/C=C\C/C=C\CCCCCC(=O)OC[C@H](COP(=O)(O)OC[C@@H](O)COP(=O)(O)OC[C@@H](COC(=O)CCCCCCCCCCCCCCCCC)OC(=O)CCCCCCC/C=C\CCCCCC)OC(=O)CCCCCCCCCCCCCCCCC. The monoisotopic (exact) mass is 1480 g/mol. The Morgan fingerprint density at radius 1 is 0.284 bits per heavy atom. The molecule has 0 aromatic heterocycles. The third-order valence-electron chi connectivity index (χ3n) is 17.7. The Hall–Kier alpha value is -3.50. The molecule has 0 aromatic rings. The minimum absolute atomic E-state index is 0.0896. The highest BCUT2D eigenvalue weighted by atomic mass is 31.2. The second-order valence-corrected chi connectivity index (χ2v) is 30.6. The van der Waals surface area contributed by atoms with E-state index in [1.807, 2.05) is 0 Å². The van der Waals surface area contributed by atoms with Crippen molar-refractivity contribution in [2.45, 2.75) is 393 Å². The summed E-state index contributed by atoms with van der Waals surface area (Å²) in [5, 5.41) is 10.6. The largest absolute Gasteiger partial charge is 0.472 e. The molecule has 0 heterocycles. The van der Waals surface area contributed by atoms with Crippen molar-refractivity contribution in [3.63, 3.8) is 0 Å². The number of carbonyl (C=O) groups excluding carboxylic acids is 4. The van der Waals surface area contributed by atoms with Gasteiger partial charge in [-0.15, -0.1) is 0 Å². The molecule has 0 fully saturated rings.